The third kappa shape index (κ3) is 8.43. The van der Waals surface area contributed by atoms with Crippen molar-refractivity contribution < 1.29 is 23.8 Å². The second-order valence-corrected chi connectivity index (χ2v) is 7.87. The lowest BCUT2D eigenvalue weighted by atomic mass is 10.1. The summed E-state index contributed by atoms with van der Waals surface area (Å²) < 4.78 is 16.6. The van der Waals surface area contributed by atoms with Crippen LogP contribution >= 0.6 is 0 Å². The van der Waals surface area contributed by atoms with Gasteiger partial charge in [0.05, 0.1) is 18.4 Å². The number of hydrazone groups is 1. The van der Waals surface area contributed by atoms with Crippen LogP contribution in [0.5, 0.6) is 17.2 Å². The Bertz CT molecular complexity index is 1170. The Kier molecular flexibility index (Phi) is 10.3. The minimum absolute atomic E-state index is 0.160. The van der Waals surface area contributed by atoms with E-state index in [9.17, 15) is 9.59 Å². The average molecular weight is 487 g/mol. The molecule has 3 aromatic carbocycles. The predicted octanol–water partition coefficient (Wildman–Crippen LogP) is 5.34. The monoisotopic (exact) mass is 486 g/mol. The molecule has 0 aliphatic rings. The molecule has 0 aromatic heterocycles. The molecule has 0 fully saturated rings. The lowest BCUT2D eigenvalue weighted by Gasteiger charge is -2.09. The topological polar surface area (TPSA) is 86.2 Å². The number of hydrogen-bond acceptors (Lipinski definition) is 6. The van der Waals surface area contributed by atoms with Gasteiger partial charge in [0.15, 0.2) is 6.61 Å². The molecule has 0 unspecified atom stereocenters. The van der Waals surface area contributed by atoms with Crippen LogP contribution in [-0.2, 0) is 11.2 Å². The standard InChI is InChI=1S/C29H30N2O5/c1-3-5-19-34-25-17-13-24(14-18-25)29(33)36-26-15-11-22(12-16-26)20-30-31-28(32)21-35-27-10-7-6-9-23(27)8-4-2/h4,6-7,9-18,20H,2-3,5,8,19,21H2,1H3,(H,31,32)/b30-20+. The van der Waals surface area contributed by atoms with Crippen LogP contribution < -0.4 is 19.6 Å². The number of nitrogens with zero attached hydrogens (tertiary/aromatic N) is 1. The first-order chi connectivity index (χ1) is 17.6. The molecule has 36 heavy (non-hydrogen) atoms. The van der Waals surface area contributed by atoms with Crippen molar-refractivity contribution in [2.75, 3.05) is 13.2 Å². The number of rotatable bonds is 13. The zero-order chi connectivity index (χ0) is 25.6. The molecule has 1 N–H and O–H groups in total. The van der Waals surface area contributed by atoms with E-state index in [-0.39, 0.29) is 12.5 Å². The van der Waals surface area contributed by atoms with Gasteiger partial charge in [0, 0.05) is 0 Å². The molecule has 186 valence electrons. The summed E-state index contributed by atoms with van der Waals surface area (Å²) >= 11 is 0. The first-order valence-corrected chi connectivity index (χ1v) is 11.8. The molecule has 1 amide bonds. The molecule has 0 bridgehead atoms. The molecule has 0 aliphatic heterocycles. The summed E-state index contributed by atoms with van der Waals surface area (Å²) in [6.07, 6.45) is 5.97. The summed E-state index contributed by atoms with van der Waals surface area (Å²) in [6.45, 7) is 6.32. The van der Waals surface area contributed by atoms with Crippen LogP contribution in [0.1, 0.15) is 41.3 Å². The van der Waals surface area contributed by atoms with Crippen LogP contribution in [0.15, 0.2) is 90.6 Å². The van der Waals surface area contributed by atoms with Gasteiger partial charge in [-0.2, -0.15) is 5.10 Å². The number of nitrogens with one attached hydrogen (secondary N) is 1. The summed E-state index contributed by atoms with van der Waals surface area (Å²) in [4.78, 5) is 24.4. The number of ether oxygens (including phenoxy) is 3. The largest absolute Gasteiger partial charge is 0.494 e. The summed E-state index contributed by atoms with van der Waals surface area (Å²) in [5, 5.41) is 3.95. The zero-order valence-electron chi connectivity index (χ0n) is 20.3. The number of amides is 1. The van der Waals surface area contributed by atoms with Crippen molar-refractivity contribution in [1.82, 2.24) is 5.43 Å². The quantitative estimate of drug-likeness (QED) is 0.0880. The Morgan fingerprint density at radius 1 is 0.944 bits per heavy atom. The molecule has 0 aliphatic carbocycles. The molecule has 3 aromatic rings. The molecule has 0 radical (unpaired) electrons. The molecule has 7 nitrogen and oxygen atoms in total. The minimum atomic E-state index is -0.460. The van der Waals surface area contributed by atoms with Crippen molar-refractivity contribution in [3.05, 3.63) is 102 Å². The van der Waals surface area contributed by atoms with Crippen LogP contribution in [0.25, 0.3) is 0 Å². The maximum Gasteiger partial charge on any atom is 0.343 e. The van der Waals surface area contributed by atoms with Gasteiger partial charge in [-0.3, -0.25) is 4.79 Å². The van der Waals surface area contributed by atoms with E-state index in [0.717, 1.165) is 29.7 Å². The first kappa shape index (κ1) is 26.2. The molecule has 7 heteroatoms. The Balaban J connectivity index is 1.44. The number of carbonyl (C=O) groups excluding carboxylic acids is 2. The van der Waals surface area contributed by atoms with Gasteiger partial charge in [0.1, 0.15) is 17.2 Å². The fourth-order valence-corrected chi connectivity index (χ4v) is 3.13. The number of unbranched alkanes of at least 4 members (excludes halogenated alkanes) is 1. The number of para-hydroxylation sites is 1. The lowest BCUT2D eigenvalue weighted by molar-refractivity contribution is -0.123. The Morgan fingerprint density at radius 3 is 2.39 bits per heavy atom. The van der Waals surface area contributed by atoms with Gasteiger partial charge in [-0.25, -0.2) is 10.2 Å². The van der Waals surface area contributed by atoms with Crippen LogP contribution in [0, 0.1) is 0 Å². The maximum atomic E-state index is 12.4. The van der Waals surface area contributed by atoms with Crippen molar-refractivity contribution >= 4 is 18.1 Å². The second kappa shape index (κ2) is 14.1. The fraction of sp³-hybridized carbons (Fsp3) is 0.207. The van der Waals surface area contributed by atoms with Crippen LogP contribution in [-0.4, -0.2) is 31.3 Å². The summed E-state index contributed by atoms with van der Waals surface area (Å²) in [6, 6.07) is 21.1. The summed E-state index contributed by atoms with van der Waals surface area (Å²) in [7, 11) is 0. The zero-order valence-corrected chi connectivity index (χ0v) is 20.3. The third-order valence-electron chi connectivity index (χ3n) is 5.05. The van der Waals surface area contributed by atoms with E-state index < -0.39 is 5.97 Å². The highest BCUT2D eigenvalue weighted by Gasteiger charge is 2.09. The maximum absolute atomic E-state index is 12.4. The lowest BCUT2D eigenvalue weighted by Crippen LogP contribution is -2.24. The van der Waals surface area contributed by atoms with Gasteiger partial charge in [-0.05, 0) is 78.6 Å². The normalized spacial score (nSPS) is 10.6. The smallest absolute Gasteiger partial charge is 0.343 e. The van der Waals surface area contributed by atoms with Crippen molar-refractivity contribution in [1.29, 1.82) is 0 Å². The van der Waals surface area contributed by atoms with Crippen LogP contribution in [0.2, 0.25) is 0 Å². The van der Waals surface area contributed by atoms with Crippen molar-refractivity contribution in [3.8, 4) is 17.2 Å². The molecule has 0 saturated carbocycles. The van der Waals surface area contributed by atoms with E-state index in [4.69, 9.17) is 14.2 Å². The molecule has 3 rings (SSSR count). The minimum Gasteiger partial charge on any atom is -0.494 e. The van der Waals surface area contributed by atoms with Gasteiger partial charge in [0.25, 0.3) is 5.91 Å². The average Bonchev–Trinajstić information content (AvgIpc) is 2.90. The van der Waals surface area contributed by atoms with Crippen LogP contribution in [0.4, 0.5) is 0 Å². The molecular weight excluding hydrogens is 456 g/mol. The van der Waals surface area contributed by atoms with Gasteiger partial charge in [-0.15, -0.1) is 6.58 Å². The molecular formula is C29H30N2O5. The Morgan fingerprint density at radius 2 is 1.67 bits per heavy atom. The highest BCUT2D eigenvalue weighted by Crippen LogP contribution is 2.19. The van der Waals surface area contributed by atoms with Gasteiger partial charge >= 0.3 is 5.97 Å². The van der Waals surface area contributed by atoms with E-state index >= 15 is 0 Å². The number of allylic oxidation sites excluding steroid dienone is 1. The molecule has 0 atom stereocenters. The van der Waals surface area contributed by atoms with Crippen molar-refractivity contribution in [3.63, 3.8) is 0 Å². The Labute approximate surface area is 211 Å². The molecule has 0 heterocycles. The second-order valence-electron chi connectivity index (χ2n) is 7.87. The van der Waals surface area contributed by atoms with Gasteiger partial charge in [0.2, 0.25) is 0 Å². The number of benzene rings is 3. The SMILES string of the molecule is C=CCc1ccccc1OCC(=O)N/N=C/c1ccc(OC(=O)c2ccc(OCCCC)cc2)cc1. The van der Waals surface area contributed by atoms with E-state index in [1.54, 1.807) is 54.6 Å². The number of hydrogen-bond donors (Lipinski definition) is 1. The highest BCUT2D eigenvalue weighted by atomic mass is 16.5. The van der Waals surface area contributed by atoms with E-state index in [1.165, 1.54) is 6.21 Å². The predicted molar refractivity (Wildman–Crippen MR) is 140 cm³/mol. The van der Waals surface area contributed by atoms with Gasteiger partial charge < -0.3 is 14.2 Å². The van der Waals surface area contributed by atoms with E-state index in [0.29, 0.717) is 30.1 Å². The fourth-order valence-electron chi connectivity index (χ4n) is 3.13. The third-order valence-corrected chi connectivity index (χ3v) is 5.05. The highest BCUT2D eigenvalue weighted by molar-refractivity contribution is 5.91. The number of esters is 1. The first-order valence-electron chi connectivity index (χ1n) is 11.8. The van der Waals surface area contributed by atoms with Crippen LogP contribution in [0.3, 0.4) is 0 Å². The van der Waals surface area contributed by atoms with Crippen molar-refractivity contribution in [2.45, 2.75) is 26.2 Å². The van der Waals surface area contributed by atoms with E-state index in [2.05, 4.69) is 24.0 Å². The molecule has 0 spiro atoms. The number of carbonyl (C=O) groups is 2. The van der Waals surface area contributed by atoms with E-state index in [1.807, 2.05) is 24.3 Å². The van der Waals surface area contributed by atoms with Crippen molar-refractivity contribution in [2.24, 2.45) is 5.10 Å². The summed E-state index contributed by atoms with van der Waals surface area (Å²) in [5.41, 5.74) is 4.54. The molecule has 0 saturated heterocycles. The summed E-state index contributed by atoms with van der Waals surface area (Å²) in [5.74, 6) is 0.916. The van der Waals surface area contributed by atoms with Gasteiger partial charge in [-0.1, -0.05) is 37.6 Å². The Hall–Kier alpha value is -4.39.